The van der Waals surface area contributed by atoms with Crippen molar-refractivity contribution in [3.63, 3.8) is 0 Å². The van der Waals surface area contributed by atoms with Gasteiger partial charge in [-0.2, -0.15) is 0 Å². The minimum absolute atomic E-state index is 0.158. The lowest BCUT2D eigenvalue weighted by Gasteiger charge is -2.19. The zero-order chi connectivity index (χ0) is 15.1. The Hall–Kier alpha value is -2.53. The van der Waals surface area contributed by atoms with Crippen molar-refractivity contribution >= 4 is 23.8 Å². The van der Waals surface area contributed by atoms with Crippen molar-refractivity contribution in [3.05, 3.63) is 71.8 Å². The predicted molar refractivity (Wildman–Crippen MR) is 83.9 cm³/mol. The second-order valence-corrected chi connectivity index (χ2v) is 4.49. The van der Waals surface area contributed by atoms with Gasteiger partial charge in [-0.3, -0.25) is 5.32 Å². The standard InChI is InChI=1S/C15H15ClN4O/c16-20-14(17)19-15(21)18-13(11-7-3-1-4-8-11)12-9-5-2-6-10-12/h1-10,13H,(H4,17,18,19,20,21). The fraction of sp³-hybridized carbons (Fsp3) is 0.0667. The zero-order valence-electron chi connectivity index (χ0n) is 11.2. The van der Waals surface area contributed by atoms with E-state index in [-0.39, 0.29) is 12.0 Å². The minimum atomic E-state index is -0.477. The lowest BCUT2D eigenvalue weighted by atomic mass is 9.99. The molecule has 2 aromatic rings. The Morgan fingerprint density at radius 1 is 1.00 bits per heavy atom. The first-order chi connectivity index (χ1) is 10.2. The first-order valence-corrected chi connectivity index (χ1v) is 6.66. The van der Waals surface area contributed by atoms with Crippen molar-refractivity contribution in [3.8, 4) is 0 Å². The molecule has 0 fully saturated rings. The Kier molecular flexibility index (Phi) is 5.17. The molecule has 4 N–H and O–H groups in total. The molecule has 6 heteroatoms. The molecule has 0 bridgehead atoms. The molecule has 0 radical (unpaired) electrons. The van der Waals surface area contributed by atoms with Crippen LogP contribution < -0.4 is 16.4 Å². The molecule has 0 aliphatic rings. The molecule has 0 atom stereocenters. The van der Waals surface area contributed by atoms with Crippen molar-refractivity contribution in [2.75, 3.05) is 0 Å². The van der Waals surface area contributed by atoms with E-state index in [9.17, 15) is 4.79 Å². The van der Waals surface area contributed by atoms with Gasteiger partial charge in [0.25, 0.3) is 0 Å². The number of carbonyl (C=O) groups excluding carboxylic acids is 1. The van der Waals surface area contributed by atoms with Gasteiger partial charge in [0.05, 0.1) is 6.04 Å². The van der Waals surface area contributed by atoms with E-state index >= 15 is 0 Å². The summed E-state index contributed by atoms with van der Waals surface area (Å²) < 4.78 is 3.18. The van der Waals surface area contributed by atoms with E-state index in [1.807, 2.05) is 60.7 Å². The molecular formula is C15H15ClN4O. The van der Waals surface area contributed by atoms with Crippen molar-refractivity contribution in [1.82, 2.24) is 10.6 Å². The van der Waals surface area contributed by atoms with Crippen molar-refractivity contribution in [1.29, 1.82) is 0 Å². The second-order valence-electron chi connectivity index (χ2n) is 4.32. The Morgan fingerprint density at radius 3 is 1.90 bits per heavy atom. The Bertz CT molecular complexity index is 577. The molecule has 0 saturated heterocycles. The Labute approximate surface area is 127 Å². The third kappa shape index (κ3) is 4.22. The molecule has 2 amide bonds. The monoisotopic (exact) mass is 302 g/mol. The SMILES string of the molecule is NC(=NCl)NC(=O)NC(c1ccccc1)c1ccccc1. The van der Waals surface area contributed by atoms with Crippen LogP contribution in [0.5, 0.6) is 0 Å². The third-order valence-corrected chi connectivity index (χ3v) is 3.06. The number of amides is 2. The first-order valence-electron chi connectivity index (χ1n) is 6.32. The molecule has 0 saturated carbocycles. The summed E-state index contributed by atoms with van der Waals surface area (Å²) in [6.45, 7) is 0. The van der Waals surface area contributed by atoms with E-state index in [2.05, 4.69) is 15.1 Å². The number of rotatable bonds is 3. The highest BCUT2D eigenvalue weighted by Gasteiger charge is 2.16. The summed E-state index contributed by atoms with van der Waals surface area (Å²) in [6, 6.07) is 18.5. The van der Waals surface area contributed by atoms with E-state index < -0.39 is 6.03 Å². The minimum Gasteiger partial charge on any atom is -0.368 e. The van der Waals surface area contributed by atoms with Gasteiger partial charge >= 0.3 is 6.03 Å². The van der Waals surface area contributed by atoms with Crippen LogP contribution in [0.1, 0.15) is 17.2 Å². The summed E-state index contributed by atoms with van der Waals surface area (Å²) in [6.07, 6.45) is 0. The number of halogens is 1. The van der Waals surface area contributed by atoms with Crippen LogP contribution in [0.15, 0.2) is 65.2 Å². The van der Waals surface area contributed by atoms with E-state index in [4.69, 9.17) is 17.5 Å². The Balaban J connectivity index is 2.23. The molecule has 0 heterocycles. The van der Waals surface area contributed by atoms with Crippen LogP contribution >= 0.6 is 11.8 Å². The number of nitrogens with two attached hydrogens (primary N) is 1. The largest absolute Gasteiger partial charge is 0.368 e. The van der Waals surface area contributed by atoms with Crippen LogP contribution in [0.25, 0.3) is 0 Å². The van der Waals surface area contributed by atoms with Gasteiger partial charge in [0.2, 0.25) is 5.96 Å². The quantitative estimate of drug-likeness (QED) is 0.602. The number of benzene rings is 2. The molecule has 0 aromatic heterocycles. The number of carbonyl (C=O) groups is 1. The maximum Gasteiger partial charge on any atom is 0.322 e. The van der Waals surface area contributed by atoms with Gasteiger partial charge in [0.15, 0.2) is 0 Å². The average molecular weight is 303 g/mol. The molecule has 2 aromatic carbocycles. The van der Waals surface area contributed by atoms with Crippen LogP contribution in [0, 0.1) is 0 Å². The van der Waals surface area contributed by atoms with Gasteiger partial charge in [0.1, 0.15) is 0 Å². The maximum absolute atomic E-state index is 11.9. The molecule has 0 aliphatic carbocycles. The summed E-state index contributed by atoms with van der Waals surface area (Å²) in [5.41, 5.74) is 7.29. The number of nitrogens with one attached hydrogen (secondary N) is 2. The van der Waals surface area contributed by atoms with Crippen molar-refractivity contribution in [2.24, 2.45) is 10.2 Å². The van der Waals surface area contributed by atoms with Gasteiger partial charge in [-0.1, -0.05) is 60.7 Å². The average Bonchev–Trinajstić information content (AvgIpc) is 2.54. The summed E-state index contributed by atoms with van der Waals surface area (Å²) >= 11 is 5.19. The van der Waals surface area contributed by atoms with Gasteiger partial charge in [0, 0.05) is 11.8 Å². The predicted octanol–water partition coefficient (Wildman–Crippen LogP) is 2.54. The first kappa shape index (κ1) is 14.9. The van der Waals surface area contributed by atoms with Crippen LogP contribution in [0.4, 0.5) is 4.79 Å². The lowest BCUT2D eigenvalue weighted by molar-refractivity contribution is 0.243. The second kappa shape index (κ2) is 7.31. The molecule has 0 aliphatic heterocycles. The van der Waals surface area contributed by atoms with E-state index in [1.54, 1.807) is 0 Å². The Morgan fingerprint density at radius 2 is 1.48 bits per heavy atom. The summed E-state index contributed by atoms with van der Waals surface area (Å²) in [4.78, 5) is 11.9. The van der Waals surface area contributed by atoms with Crippen LogP contribution in [0.2, 0.25) is 0 Å². The maximum atomic E-state index is 11.9. The van der Waals surface area contributed by atoms with E-state index in [0.29, 0.717) is 0 Å². The highest BCUT2D eigenvalue weighted by molar-refractivity contribution is 6.20. The van der Waals surface area contributed by atoms with Gasteiger partial charge in [-0.25, -0.2) is 4.79 Å². The van der Waals surface area contributed by atoms with E-state index in [1.165, 1.54) is 0 Å². The van der Waals surface area contributed by atoms with Crippen LogP contribution in [-0.2, 0) is 0 Å². The zero-order valence-corrected chi connectivity index (χ0v) is 11.9. The third-order valence-electron chi connectivity index (χ3n) is 2.87. The smallest absolute Gasteiger partial charge is 0.322 e. The molecule has 108 valence electrons. The molecular weight excluding hydrogens is 288 g/mol. The summed E-state index contributed by atoms with van der Waals surface area (Å²) in [5.74, 6) is -0.158. The fourth-order valence-corrected chi connectivity index (χ4v) is 2.00. The molecule has 0 unspecified atom stereocenters. The highest BCUT2D eigenvalue weighted by atomic mass is 35.5. The van der Waals surface area contributed by atoms with Crippen LogP contribution in [0.3, 0.4) is 0 Å². The highest BCUT2D eigenvalue weighted by Crippen LogP contribution is 2.21. The molecule has 2 rings (SSSR count). The molecule has 5 nitrogen and oxygen atoms in total. The topological polar surface area (TPSA) is 79.5 Å². The van der Waals surface area contributed by atoms with E-state index in [0.717, 1.165) is 11.1 Å². The summed E-state index contributed by atoms with van der Waals surface area (Å²) in [7, 11) is 0. The van der Waals surface area contributed by atoms with Crippen LogP contribution in [-0.4, -0.2) is 12.0 Å². The van der Waals surface area contributed by atoms with Gasteiger partial charge < -0.3 is 11.1 Å². The summed E-state index contributed by atoms with van der Waals surface area (Å²) in [5, 5.41) is 5.19. The van der Waals surface area contributed by atoms with Gasteiger partial charge in [-0.05, 0) is 11.1 Å². The fourth-order valence-electron chi connectivity index (χ4n) is 1.95. The molecule has 21 heavy (non-hydrogen) atoms. The normalized spacial score (nSPS) is 11.2. The number of hydrogen-bond acceptors (Lipinski definition) is 2. The van der Waals surface area contributed by atoms with Gasteiger partial charge in [-0.15, -0.1) is 4.51 Å². The number of nitrogens with zero attached hydrogens (tertiary/aromatic N) is 1. The number of urea groups is 1. The lowest BCUT2D eigenvalue weighted by Crippen LogP contribution is -2.44. The molecule has 0 spiro atoms. The number of guanidine groups is 1. The number of hydrogen-bond donors (Lipinski definition) is 3. The van der Waals surface area contributed by atoms with Crippen molar-refractivity contribution in [2.45, 2.75) is 6.04 Å². The van der Waals surface area contributed by atoms with Crippen molar-refractivity contribution < 1.29 is 4.79 Å².